The molecule has 3 rings (SSSR count). The Morgan fingerprint density at radius 1 is 1.12 bits per heavy atom. The minimum atomic E-state index is -0.835. The molecule has 4 N–H and O–H groups in total. The van der Waals surface area contributed by atoms with Crippen LogP contribution in [0.2, 0.25) is 5.02 Å². The Morgan fingerprint density at radius 3 is 2.60 bits per heavy atom. The highest BCUT2D eigenvalue weighted by atomic mass is 35.5. The molecular formula is C30H36ClF2N6O4. The third-order valence-electron chi connectivity index (χ3n) is 6.22. The molecule has 10 nitrogen and oxygen atoms in total. The van der Waals surface area contributed by atoms with E-state index in [-0.39, 0.29) is 47.9 Å². The summed E-state index contributed by atoms with van der Waals surface area (Å²) < 4.78 is 33.0. The van der Waals surface area contributed by atoms with Gasteiger partial charge in [-0.15, -0.1) is 0 Å². The van der Waals surface area contributed by atoms with E-state index in [1.54, 1.807) is 12.1 Å². The van der Waals surface area contributed by atoms with Crippen LogP contribution in [0.15, 0.2) is 48.7 Å². The van der Waals surface area contributed by atoms with Crippen LogP contribution in [0.5, 0.6) is 0 Å². The van der Waals surface area contributed by atoms with E-state index in [1.165, 1.54) is 48.5 Å². The Bertz CT molecular complexity index is 1440. The molecule has 0 unspecified atom stereocenters. The number of amides is 4. The van der Waals surface area contributed by atoms with Crippen LogP contribution in [-0.4, -0.2) is 53.8 Å². The van der Waals surface area contributed by atoms with Crippen LogP contribution in [0, 0.1) is 24.0 Å². The van der Waals surface area contributed by atoms with E-state index in [9.17, 15) is 23.2 Å². The molecule has 0 bridgehead atoms. The van der Waals surface area contributed by atoms with Crippen LogP contribution in [-0.2, 0) is 16.1 Å². The van der Waals surface area contributed by atoms with Gasteiger partial charge in [-0.05, 0) is 66.5 Å². The first kappa shape index (κ1) is 33.5. The van der Waals surface area contributed by atoms with E-state index in [2.05, 4.69) is 33.3 Å². The lowest BCUT2D eigenvalue weighted by atomic mass is 9.97. The first-order valence-electron chi connectivity index (χ1n) is 13.6. The van der Waals surface area contributed by atoms with E-state index >= 15 is 0 Å². The second-order valence-electron chi connectivity index (χ2n) is 10.8. The van der Waals surface area contributed by atoms with Gasteiger partial charge in [0.05, 0.1) is 11.1 Å². The van der Waals surface area contributed by atoms with Gasteiger partial charge in [0.2, 0.25) is 5.91 Å². The van der Waals surface area contributed by atoms with Crippen LogP contribution in [0.4, 0.5) is 24.2 Å². The summed E-state index contributed by atoms with van der Waals surface area (Å²) in [5, 5.41) is 10.5. The van der Waals surface area contributed by atoms with Crippen molar-refractivity contribution in [3.63, 3.8) is 0 Å². The number of aromatic nitrogens is 1. The fourth-order valence-corrected chi connectivity index (χ4v) is 4.25. The fourth-order valence-electron chi connectivity index (χ4n) is 4.05. The van der Waals surface area contributed by atoms with Crippen molar-refractivity contribution < 1.29 is 27.9 Å². The highest BCUT2D eigenvalue weighted by Crippen LogP contribution is 2.21. The van der Waals surface area contributed by atoms with Gasteiger partial charge in [0.25, 0.3) is 0 Å². The van der Waals surface area contributed by atoms with Crippen LogP contribution >= 0.6 is 11.6 Å². The summed E-state index contributed by atoms with van der Waals surface area (Å²) in [6, 6.07) is 9.04. The summed E-state index contributed by atoms with van der Waals surface area (Å²) >= 11 is 6.07. The summed E-state index contributed by atoms with van der Waals surface area (Å²) in [5.74, 6) is -1.25. The molecule has 4 amide bonds. The van der Waals surface area contributed by atoms with Gasteiger partial charge in [-0.25, -0.2) is 28.8 Å². The van der Waals surface area contributed by atoms with Gasteiger partial charge in [0.1, 0.15) is 24.1 Å². The summed E-state index contributed by atoms with van der Waals surface area (Å²) in [7, 11) is 0. The maximum atomic E-state index is 13.9. The molecule has 0 fully saturated rings. The Hall–Kier alpha value is -4.03. The minimum absolute atomic E-state index is 0.0257. The molecular weight excluding hydrogens is 582 g/mol. The van der Waals surface area contributed by atoms with Crippen LogP contribution in [0.3, 0.4) is 0 Å². The number of benzene rings is 2. The zero-order chi connectivity index (χ0) is 31.6. The van der Waals surface area contributed by atoms with Gasteiger partial charge in [-0.2, -0.15) is 0 Å². The molecule has 2 aromatic carbocycles. The smallest absolute Gasteiger partial charge is 0.412 e. The van der Waals surface area contributed by atoms with Crippen molar-refractivity contribution in [3.8, 4) is 0 Å². The number of halogens is 3. The van der Waals surface area contributed by atoms with Crippen molar-refractivity contribution in [1.82, 2.24) is 26.1 Å². The van der Waals surface area contributed by atoms with Crippen molar-refractivity contribution in [2.45, 2.75) is 46.2 Å². The number of nitrogens with zero attached hydrogens (tertiary/aromatic N) is 2. The van der Waals surface area contributed by atoms with Gasteiger partial charge < -0.3 is 15.4 Å². The van der Waals surface area contributed by atoms with Crippen molar-refractivity contribution in [3.05, 3.63) is 77.8 Å². The largest absolute Gasteiger partial charge is 0.447 e. The molecule has 0 saturated carbocycles. The molecule has 1 radical (unpaired) electrons. The van der Waals surface area contributed by atoms with Crippen molar-refractivity contribution in [2.75, 3.05) is 25.0 Å². The number of hydrogen-bond donors (Lipinski definition) is 4. The number of rotatable bonds is 13. The van der Waals surface area contributed by atoms with Crippen molar-refractivity contribution in [1.29, 1.82) is 0 Å². The molecule has 0 aliphatic heterocycles. The third kappa shape index (κ3) is 11.0. The van der Waals surface area contributed by atoms with E-state index in [1.807, 2.05) is 13.8 Å². The predicted molar refractivity (Wildman–Crippen MR) is 161 cm³/mol. The van der Waals surface area contributed by atoms with E-state index in [4.69, 9.17) is 16.3 Å². The number of nitrogens with one attached hydrogen (secondary N) is 4. The summed E-state index contributed by atoms with van der Waals surface area (Å²) in [4.78, 5) is 41.5. The number of anilines is 1. The first-order chi connectivity index (χ1) is 20.3. The van der Waals surface area contributed by atoms with Gasteiger partial charge in [0.15, 0.2) is 0 Å². The standard InChI is InChI=1S/C30H36ClF2N6O4/c1-19(40)39(37-16-21-7-5-9-25(33)27(21)31)24(8-6-12-34-28(41)36-18-30(2,3)4)17-43-29(42)38-26-14-22-13-23(32)11-10-20(22)15-35-26/h5,7,9-11,13-15,24,37H,2,6,8,12,16-18H2,1,3-4H3,(H2,34,36,41)(H,35,38,42)/t24-/m0/s1. The number of ether oxygens (including phenoxy) is 1. The molecule has 0 saturated heterocycles. The molecule has 1 heterocycles. The number of pyridine rings is 1. The van der Waals surface area contributed by atoms with E-state index in [0.717, 1.165) is 0 Å². The Labute approximate surface area is 254 Å². The second kappa shape index (κ2) is 15.4. The molecule has 1 aromatic heterocycles. The maximum Gasteiger partial charge on any atom is 0.412 e. The molecule has 3 aromatic rings. The number of hydrazine groups is 1. The molecule has 1 atom stereocenters. The Morgan fingerprint density at radius 2 is 1.88 bits per heavy atom. The Kier molecular flexibility index (Phi) is 12.0. The van der Waals surface area contributed by atoms with Crippen LogP contribution < -0.4 is 21.4 Å². The van der Waals surface area contributed by atoms with Gasteiger partial charge in [-0.3, -0.25) is 15.1 Å². The van der Waals surface area contributed by atoms with Crippen LogP contribution in [0.25, 0.3) is 10.8 Å². The summed E-state index contributed by atoms with van der Waals surface area (Å²) in [6.45, 7) is 9.53. The van der Waals surface area contributed by atoms with Crippen LogP contribution in [0.1, 0.15) is 39.2 Å². The maximum absolute atomic E-state index is 13.9. The quantitative estimate of drug-likeness (QED) is 0.147. The average molecular weight is 618 g/mol. The molecule has 43 heavy (non-hydrogen) atoms. The van der Waals surface area contributed by atoms with E-state index < -0.39 is 23.8 Å². The monoisotopic (exact) mass is 617 g/mol. The lowest BCUT2D eigenvalue weighted by Gasteiger charge is -2.31. The van der Waals surface area contributed by atoms with Gasteiger partial charge in [0, 0.05) is 38.1 Å². The predicted octanol–water partition coefficient (Wildman–Crippen LogP) is 5.58. The fraction of sp³-hybridized carbons (Fsp3) is 0.367. The molecule has 13 heteroatoms. The zero-order valence-corrected chi connectivity index (χ0v) is 25.1. The van der Waals surface area contributed by atoms with Crippen molar-refractivity contribution >= 4 is 46.2 Å². The number of fused-ring (bicyclic) bond motifs is 1. The zero-order valence-electron chi connectivity index (χ0n) is 24.3. The number of carbonyl (C=O) groups excluding carboxylic acids is 3. The normalized spacial score (nSPS) is 12.0. The number of carbonyl (C=O) groups is 3. The van der Waals surface area contributed by atoms with Gasteiger partial charge >= 0.3 is 12.1 Å². The summed E-state index contributed by atoms with van der Waals surface area (Å²) in [6.07, 6.45) is 1.41. The molecule has 0 spiro atoms. The minimum Gasteiger partial charge on any atom is -0.447 e. The topological polar surface area (TPSA) is 125 Å². The lowest BCUT2D eigenvalue weighted by Crippen LogP contribution is -2.51. The molecule has 0 aliphatic carbocycles. The third-order valence-corrected chi connectivity index (χ3v) is 6.65. The second-order valence-corrected chi connectivity index (χ2v) is 11.2. The van der Waals surface area contributed by atoms with E-state index in [0.29, 0.717) is 35.7 Å². The lowest BCUT2D eigenvalue weighted by molar-refractivity contribution is -0.136. The number of urea groups is 1. The average Bonchev–Trinajstić information content (AvgIpc) is 2.93. The highest BCUT2D eigenvalue weighted by molar-refractivity contribution is 6.31. The highest BCUT2D eigenvalue weighted by Gasteiger charge is 2.24. The first-order valence-corrected chi connectivity index (χ1v) is 14.0. The van der Waals surface area contributed by atoms with Gasteiger partial charge in [-0.1, -0.05) is 37.6 Å². The Balaban J connectivity index is 1.65. The van der Waals surface area contributed by atoms with Crippen molar-refractivity contribution in [2.24, 2.45) is 5.41 Å². The SMILES string of the molecule is [CH2]C(C)(C)CNC(=O)NCCC[C@@H](COC(=O)Nc1cc2cc(F)ccc2cn1)N(NCc1cccc(F)c1Cl)C(C)=O. The number of hydrogen-bond acceptors (Lipinski definition) is 6. The molecule has 231 valence electrons. The summed E-state index contributed by atoms with van der Waals surface area (Å²) in [5.41, 5.74) is 3.06. The molecule has 0 aliphatic rings.